The van der Waals surface area contributed by atoms with Crippen molar-refractivity contribution in [3.63, 3.8) is 0 Å². The summed E-state index contributed by atoms with van der Waals surface area (Å²) < 4.78 is 71.2. The summed E-state index contributed by atoms with van der Waals surface area (Å²) in [5.74, 6) is 0. The molecule has 0 aliphatic carbocycles. The van der Waals surface area contributed by atoms with Crippen LogP contribution < -0.4 is 29.6 Å². The Hall–Kier alpha value is 0.310. The first-order valence-corrected chi connectivity index (χ1v) is 13.9. The molecule has 3 aliphatic rings. The van der Waals surface area contributed by atoms with E-state index in [-0.39, 0.29) is 36.2 Å². The topological polar surface area (TPSA) is 284 Å². The fraction of sp³-hybridized carbons (Fsp3) is 1.00. The van der Waals surface area contributed by atoms with Crippen molar-refractivity contribution in [2.45, 2.75) is 112 Å². The first kappa shape index (κ1) is 37.5. The van der Waals surface area contributed by atoms with Crippen LogP contribution in [0, 0.1) is 0 Å². The van der Waals surface area contributed by atoms with Crippen LogP contribution in [0.3, 0.4) is 0 Å². The van der Waals surface area contributed by atoms with E-state index in [0.717, 1.165) is 0 Å². The summed E-state index contributed by atoms with van der Waals surface area (Å²) in [7, 11) is -5.47. The maximum absolute atomic E-state index is 11.2. The quantitative estimate of drug-likeness (QED) is 0.0596. The summed E-state index contributed by atoms with van der Waals surface area (Å²) in [6.07, 6.45) is -25.0. The van der Waals surface area contributed by atoms with Gasteiger partial charge in [0.25, 0.3) is 0 Å². The Kier molecular flexibility index (Phi) is 14.7. The average molecular weight is 633 g/mol. The van der Waals surface area contributed by atoms with Gasteiger partial charge in [0.05, 0.1) is 19.3 Å². The van der Waals surface area contributed by atoms with Gasteiger partial charge < -0.3 is 73.8 Å². The van der Waals surface area contributed by atoms with E-state index in [2.05, 4.69) is 4.18 Å². The maximum atomic E-state index is 11.2. The number of aliphatic hydroxyl groups is 8. The minimum atomic E-state index is -5.47. The molecular formula is C21H37NaO18S. The van der Waals surface area contributed by atoms with E-state index in [9.17, 15) is 53.8 Å². The zero-order valence-corrected chi connectivity index (χ0v) is 25.4. The van der Waals surface area contributed by atoms with Gasteiger partial charge >= 0.3 is 29.6 Å². The van der Waals surface area contributed by atoms with Crippen LogP contribution in [-0.4, -0.2) is 166 Å². The van der Waals surface area contributed by atoms with E-state index in [0.29, 0.717) is 6.42 Å². The second-order valence-corrected chi connectivity index (χ2v) is 10.7. The van der Waals surface area contributed by atoms with Gasteiger partial charge in [0, 0.05) is 6.61 Å². The predicted molar refractivity (Wildman–Crippen MR) is 122 cm³/mol. The van der Waals surface area contributed by atoms with E-state index < -0.39 is 116 Å². The largest absolute Gasteiger partial charge is 1.00 e. The van der Waals surface area contributed by atoms with Crippen molar-refractivity contribution in [2.75, 3.05) is 19.8 Å². The third-order valence-corrected chi connectivity index (χ3v) is 7.18. The van der Waals surface area contributed by atoms with Gasteiger partial charge in [-0.25, -0.2) is 8.42 Å². The number of ether oxygens (including phenoxy) is 6. The molecule has 3 aliphatic heterocycles. The molecule has 20 heteroatoms. The van der Waals surface area contributed by atoms with Crippen LogP contribution in [0.25, 0.3) is 0 Å². The second kappa shape index (κ2) is 16.0. The van der Waals surface area contributed by atoms with Gasteiger partial charge in [-0.2, -0.15) is 0 Å². The van der Waals surface area contributed by atoms with Crippen molar-refractivity contribution >= 4 is 10.4 Å². The number of hydrogen-bond acceptors (Lipinski definition) is 18. The Labute approximate surface area is 257 Å². The van der Waals surface area contributed by atoms with Crippen LogP contribution in [0.15, 0.2) is 0 Å². The molecule has 3 fully saturated rings. The molecular weight excluding hydrogens is 595 g/mol. The zero-order valence-electron chi connectivity index (χ0n) is 22.6. The third kappa shape index (κ3) is 8.95. The number of aliphatic hydroxyl groups excluding tert-OH is 8. The van der Waals surface area contributed by atoms with E-state index >= 15 is 0 Å². The van der Waals surface area contributed by atoms with Gasteiger partial charge in [0.1, 0.15) is 67.1 Å². The second-order valence-electron chi connectivity index (χ2n) is 9.65. The van der Waals surface area contributed by atoms with E-state index in [4.69, 9.17) is 28.4 Å². The van der Waals surface area contributed by atoms with Crippen molar-refractivity contribution < 1.29 is 116 Å². The molecule has 8 N–H and O–H groups in total. The normalized spacial score (nSPS) is 45.7. The molecule has 3 heterocycles. The molecule has 41 heavy (non-hydrogen) atoms. The molecule has 18 nitrogen and oxygen atoms in total. The fourth-order valence-corrected chi connectivity index (χ4v) is 5.08. The Balaban J connectivity index is 0.00000588. The van der Waals surface area contributed by atoms with Crippen molar-refractivity contribution in [1.29, 1.82) is 0 Å². The SMILES string of the molecule is CCCO[C@@H]1O[C@H](CO)[C@@H](O[C@@H]2O[C@@H](C)[C@@H](O)[C@@H](O)[C@@H]2O)[C@H](O[C@@H]2O[C@H](CO)[C@H](O)[C@H](OS(=O)(=O)[O-])[C@H]2O)[C@H]1O.[Na+]. The third-order valence-electron chi connectivity index (χ3n) is 6.72. The van der Waals surface area contributed by atoms with E-state index in [1.807, 2.05) is 0 Å². The summed E-state index contributed by atoms with van der Waals surface area (Å²) in [6, 6.07) is 0. The molecule has 15 atom stereocenters. The smallest absolute Gasteiger partial charge is 0.726 e. The van der Waals surface area contributed by atoms with Crippen molar-refractivity contribution in [2.24, 2.45) is 0 Å². The molecule has 0 amide bonds. The molecule has 0 bridgehead atoms. The Bertz CT molecular complexity index is 900. The van der Waals surface area contributed by atoms with Crippen molar-refractivity contribution in [3.8, 4) is 0 Å². The van der Waals surface area contributed by atoms with E-state index in [1.54, 1.807) is 6.92 Å². The Morgan fingerprint density at radius 1 is 0.707 bits per heavy atom. The van der Waals surface area contributed by atoms with Crippen LogP contribution in [-0.2, 0) is 43.0 Å². The van der Waals surface area contributed by atoms with Gasteiger partial charge in [-0.3, -0.25) is 4.18 Å². The Morgan fingerprint density at radius 2 is 1.24 bits per heavy atom. The molecule has 0 aromatic rings. The molecule has 0 aromatic heterocycles. The molecule has 3 rings (SSSR count). The molecule has 236 valence electrons. The molecule has 0 saturated carbocycles. The van der Waals surface area contributed by atoms with Crippen LogP contribution in [0.5, 0.6) is 0 Å². The molecule has 3 saturated heterocycles. The monoisotopic (exact) mass is 632 g/mol. The van der Waals surface area contributed by atoms with E-state index in [1.165, 1.54) is 6.92 Å². The van der Waals surface area contributed by atoms with Crippen molar-refractivity contribution in [3.05, 3.63) is 0 Å². The summed E-state index contributed by atoms with van der Waals surface area (Å²) in [5, 5.41) is 82.2. The maximum Gasteiger partial charge on any atom is 1.00 e. The Morgan fingerprint density at radius 3 is 1.80 bits per heavy atom. The van der Waals surface area contributed by atoms with Crippen LogP contribution >= 0.6 is 0 Å². The minimum Gasteiger partial charge on any atom is -0.726 e. The van der Waals surface area contributed by atoms with Crippen LogP contribution in [0.2, 0.25) is 0 Å². The molecule has 0 spiro atoms. The number of rotatable bonds is 11. The predicted octanol–water partition coefficient (Wildman–Crippen LogP) is -8.62. The summed E-state index contributed by atoms with van der Waals surface area (Å²) in [6.45, 7) is 1.51. The summed E-state index contributed by atoms with van der Waals surface area (Å²) >= 11 is 0. The van der Waals surface area contributed by atoms with Crippen molar-refractivity contribution in [1.82, 2.24) is 0 Å². The average Bonchev–Trinajstić information content (AvgIpc) is 2.90. The van der Waals surface area contributed by atoms with Crippen LogP contribution in [0.4, 0.5) is 0 Å². The standard InChI is InChI=1S/C21H38O18S.Na/c1-3-4-33-19-15(29)18(38-21-14(28)17(39-40(30,31)32)11(25)8(5-22)35-21)16(9(6-23)36-19)37-20-13(27)12(26)10(24)7(2)34-20;/h7-29H,3-6H2,1-2H3,(H,30,31,32);/q;+1/p-1/t7-,8+,9+,10+,11-,12+,13-,14+,15+,16+,17-,18+,19+,20-,21-;/m0./s1. The van der Waals surface area contributed by atoms with Gasteiger partial charge in [0.15, 0.2) is 18.9 Å². The molecule has 0 radical (unpaired) electrons. The molecule has 0 unspecified atom stereocenters. The van der Waals surface area contributed by atoms with Gasteiger partial charge in [-0.1, -0.05) is 6.92 Å². The fourth-order valence-electron chi connectivity index (χ4n) is 4.58. The first-order valence-electron chi connectivity index (χ1n) is 12.6. The summed E-state index contributed by atoms with van der Waals surface area (Å²) in [4.78, 5) is 0. The van der Waals surface area contributed by atoms with Gasteiger partial charge in [-0.05, 0) is 13.3 Å². The van der Waals surface area contributed by atoms with Gasteiger partial charge in [-0.15, -0.1) is 0 Å². The van der Waals surface area contributed by atoms with Crippen LogP contribution in [0.1, 0.15) is 20.3 Å². The number of hydrogen-bond donors (Lipinski definition) is 8. The molecule has 0 aromatic carbocycles. The minimum absolute atomic E-state index is 0. The summed E-state index contributed by atoms with van der Waals surface area (Å²) in [5.41, 5.74) is 0. The zero-order chi connectivity index (χ0) is 29.9. The van der Waals surface area contributed by atoms with Gasteiger partial charge in [0.2, 0.25) is 10.4 Å². The first-order chi connectivity index (χ1) is 18.7.